The molecule has 2 atom stereocenters. The number of nitrogens with zero attached hydrogens (tertiary/aromatic N) is 1. The van der Waals surface area contributed by atoms with Crippen molar-refractivity contribution >= 4 is 15.9 Å². The highest BCUT2D eigenvalue weighted by atomic mass is 79.9. The van der Waals surface area contributed by atoms with E-state index in [9.17, 15) is 0 Å². The SMILES string of the molecule is CC1CCN(CCC2CCCC2)CC1Br. The smallest absolute Gasteiger partial charge is 0.0299 e. The fourth-order valence-electron chi connectivity index (χ4n) is 2.95. The molecule has 0 bridgehead atoms. The minimum atomic E-state index is 0.731. The molecule has 15 heavy (non-hydrogen) atoms. The second-order valence-corrected chi connectivity index (χ2v) is 6.70. The third kappa shape index (κ3) is 3.45. The number of halogens is 1. The Labute approximate surface area is 103 Å². The second kappa shape index (κ2) is 5.67. The molecule has 88 valence electrons. The van der Waals surface area contributed by atoms with Crippen molar-refractivity contribution in [1.82, 2.24) is 4.90 Å². The van der Waals surface area contributed by atoms with Gasteiger partial charge >= 0.3 is 0 Å². The van der Waals surface area contributed by atoms with Gasteiger partial charge in [0.25, 0.3) is 0 Å². The highest BCUT2D eigenvalue weighted by molar-refractivity contribution is 9.09. The van der Waals surface area contributed by atoms with Crippen LogP contribution in [0.5, 0.6) is 0 Å². The van der Waals surface area contributed by atoms with Crippen LogP contribution in [0.2, 0.25) is 0 Å². The summed E-state index contributed by atoms with van der Waals surface area (Å²) in [6, 6.07) is 0. The summed E-state index contributed by atoms with van der Waals surface area (Å²) < 4.78 is 0. The zero-order valence-corrected chi connectivity index (χ0v) is 11.5. The van der Waals surface area contributed by atoms with Crippen LogP contribution in [0.3, 0.4) is 0 Å². The number of piperidine rings is 1. The third-order valence-electron chi connectivity index (χ3n) is 4.28. The molecule has 0 N–H and O–H groups in total. The van der Waals surface area contributed by atoms with E-state index in [0.717, 1.165) is 16.7 Å². The van der Waals surface area contributed by atoms with Gasteiger partial charge in [-0.25, -0.2) is 0 Å². The highest BCUT2D eigenvalue weighted by Crippen LogP contribution is 2.29. The van der Waals surface area contributed by atoms with E-state index in [2.05, 4.69) is 27.8 Å². The van der Waals surface area contributed by atoms with E-state index in [-0.39, 0.29) is 0 Å². The Hall–Kier alpha value is 0.440. The first-order chi connectivity index (χ1) is 7.25. The van der Waals surface area contributed by atoms with Crippen molar-refractivity contribution in [3.05, 3.63) is 0 Å². The summed E-state index contributed by atoms with van der Waals surface area (Å²) in [6.07, 6.45) is 8.81. The normalized spacial score (nSPS) is 34.8. The van der Waals surface area contributed by atoms with Crippen LogP contribution in [-0.4, -0.2) is 29.4 Å². The van der Waals surface area contributed by atoms with Crippen LogP contribution in [0.15, 0.2) is 0 Å². The van der Waals surface area contributed by atoms with Crippen LogP contribution in [-0.2, 0) is 0 Å². The van der Waals surface area contributed by atoms with E-state index in [1.165, 1.54) is 58.2 Å². The van der Waals surface area contributed by atoms with Crippen LogP contribution in [0, 0.1) is 11.8 Å². The molecule has 0 spiro atoms. The van der Waals surface area contributed by atoms with Crippen molar-refractivity contribution in [3.8, 4) is 0 Å². The van der Waals surface area contributed by atoms with Gasteiger partial charge in [0.05, 0.1) is 0 Å². The van der Waals surface area contributed by atoms with Gasteiger partial charge in [0.2, 0.25) is 0 Å². The standard InChI is InChI=1S/C13H24BrN/c1-11-6-8-15(10-13(11)14)9-7-12-4-2-3-5-12/h11-13H,2-10H2,1H3. The lowest BCUT2D eigenvalue weighted by atomic mass is 9.97. The molecule has 0 aromatic carbocycles. The molecule has 2 aliphatic rings. The lowest BCUT2D eigenvalue weighted by molar-refractivity contribution is 0.189. The molecule has 0 radical (unpaired) electrons. The Kier molecular flexibility index (Phi) is 4.51. The molecule has 2 unspecified atom stereocenters. The van der Waals surface area contributed by atoms with Crippen molar-refractivity contribution in [2.24, 2.45) is 11.8 Å². The quantitative estimate of drug-likeness (QED) is 0.710. The molecular weight excluding hydrogens is 250 g/mol. The zero-order chi connectivity index (χ0) is 10.7. The molecule has 1 saturated heterocycles. The summed E-state index contributed by atoms with van der Waals surface area (Å²) in [5, 5.41) is 0. The molecule has 2 fully saturated rings. The summed E-state index contributed by atoms with van der Waals surface area (Å²) >= 11 is 3.81. The average molecular weight is 274 g/mol. The van der Waals surface area contributed by atoms with Crippen LogP contribution in [0.25, 0.3) is 0 Å². The first-order valence-corrected chi connectivity index (χ1v) is 7.53. The Morgan fingerprint density at radius 2 is 1.93 bits per heavy atom. The van der Waals surface area contributed by atoms with E-state index in [1.807, 2.05) is 0 Å². The summed E-state index contributed by atoms with van der Waals surface area (Å²) in [5.74, 6) is 1.92. The topological polar surface area (TPSA) is 3.24 Å². The monoisotopic (exact) mass is 273 g/mol. The maximum absolute atomic E-state index is 3.81. The van der Waals surface area contributed by atoms with E-state index >= 15 is 0 Å². The van der Waals surface area contributed by atoms with Crippen LogP contribution >= 0.6 is 15.9 Å². The first kappa shape index (κ1) is 11.9. The molecule has 2 heteroatoms. The third-order valence-corrected chi connectivity index (χ3v) is 5.47. The molecule has 1 aliphatic heterocycles. The van der Waals surface area contributed by atoms with E-state index in [0.29, 0.717) is 0 Å². The number of likely N-dealkylation sites (tertiary alicyclic amines) is 1. The van der Waals surface area contributed by atoms with E-state index in [1.54, 1.807) is 0 Å². The molecule has 0 aromatic heterocycles. The predicted molar refractivity (Wildman–Crippen MR) is 69.5 cm³/mol. The number of hydrogen-bond acceptors (Lipinski definition) is 1. The van der Waals surface area contributed by atoms with Gasteiger partial charge in [0.1, 0.15) is 0 Å². The summed E-state index contributed by atoms with van der Waals surface area (Å²) in [4.78, 5) is 3.40. The van der Waals surface area contributed by atoms with Gasteiger partial charge in [-0.2, -0.15) is 0 Å². The number of rotatable bonds is 3. The van der Waals surface area contributed by atoms with Gasteiger partial charge in [-0.05, 0) is 37.8 Å². The van der Waals surface area contributed by atoms with Crippen molar-refractivity contribution in [2.75, 3.05) is 19.6 Å². The minimum absolute atomic E-state index is 0.731. The molecule has 1 nitrogen and oxygen atoms in total. The molecule has 0 amide bonds. The maximum Gasteiger partial charge on any atom is 0.0299 e. The van der Waals surface area contributed by atoms with Crippen LogP contribution in [0.4, 0.5) is 0 Å². The van der Waals surface area contributed by atoms with Gasteiger partial charge in [-0.1, -0.05) is 48.5 Å². The van der Waals surface area contributed by atoms with E-state index in [4.69, 9.17) is 0 Å². The summed E-state index contributed by atoms with van der Waals surface area (Å²) in [7, 11) is 0. The molecule has 1 aliphatic carbocycles. The molecule has 1 heterocycles. The van der Waals surface area contributed by atoms with Gasteiger partial charge in [-0.3, -0.25) is 0 Å². The van der Waals surface area contributed by atoms with Crippen LogP contribution in [0.1, 0.15) is 45.4 Å². The number of hydrogen-bond donors (Lipinski definition) is 0. The minimum Gasteiger partial charge on any atom is -0.302 e. The Morgan fingerprint density at radius 1 is 1.20 bits per heavy atom. The van der Waals surface area contributed by atoms with E-state index < -0.39 is 0 Å². The first-order valence-electron chi connectivity index (χ1n) is 6.62. The van der Waals surface area contributed by atoms with Gasteiger partial charge in [0.15, 0.2) is 0 Å². The molecule has 2 rings (SSSR count). The van der Waals surface area contributed by atoms with Gasteiger partial charge in [-0.15, -0.1) is 0 Å². The lowest BCUT2D eigenvalue weighted by Gasteiger charge is -2.34. The zero-order valence-electron chi connectivity index (χ0n) is 9.92. The van der Waals surface area contributed by atoms with Crippen molar-refractivity contribution in [2.45, 2.75) is 50.3 Å². The molecule has 1 saturated carbocycles. The fourth-order valence-corrected chi connectivity index (χ4v) is 3.63. The van der Waals surface area contributed by atoms with Crippen LogP contribution < -0.4 is 0 Å². The highest BCUT2D eigenvalue weighted by Gasteiger charge is 2.24. The van der Waals surface area contributed by atoms with Gasteiger partial charge < -0.3 is 4.90 Å². The van der Waals surface area contributed by atoms with Crippen molar-refractivity contribution in [1.29, 1.82) is 0 Å². The number of alkyl halides is 1. The molecular formula is C13H24BrN. The lowest BCUT2D eigenvalue weighted by Crippen LogP contribution is -2.40. The summed E-state index contributed by atoms with van der Waals surface area (Å²) in [6.45, 7) is 6.32. The van der Waals surface area contributed by atoms with Crippen molar-refractivity contribution < 1.29 is 0 Å². The average Bonchev–Trinajstić information content (AvgIpc) is 2.73. The fraction of sp³-hybridized carbons (Fsp3) is 1.00. The Morgan fingerprint density at radius 3 is 2.60 bits per heavy atom. The Bertz CT molecular complexity index is 189. The maximum atomic E-state index is 3.81. The molecule has 0 aromatic rings. The Balaban J connectivity index is 1.66. The predicted octanol–water partition coefficient (Wildman–Crippen LogP) is 3.67. The largest absolute Gasteiger partial charge is 0.302 e. The summed E-state index contributed by atoms with van der Waals surface area (Å²) in [5.41, 5.74) is 0. The van der Waals surface area contributed by atoms with Gasteiger partial charge in [0, 0.05) is 11.4 Å². The second-order valence-electron chi connectivity index (χ2n) is 5.52. The van der Waals surface area contributed by atoms with Crippen molar-refractivity contribution in [3.63, 3.8) is 0 Å².